The second-order valence-electron chi connectivity index (χ2n) is 27.1. The van der Waals surface area contributed by atoms with Crippen LogP contribution < -0.4 is 10.6 Å². The van der Waals surface area contributed by atoms with Crippen molar-refractivity contribution in [3.05, 3.63) is 0 Å². The molecular formula is C58H98N2O46S. The van der Waals surface area contributed by atoms with Crippen LogP contribution in [0.25, 0.3) is 0 Å². The van der Waals surface area contributed by atoms with Gasteiger partial charge in [0.05, 0.1) is 58.0 Å². The molecule has 26 N–H and O–H groups in total. The van der Waals surface area contributed by atoms with Gasteiger partial charge in [0, 0.05) is 13.8 Å². The van der Waals surface area contributed by atoms with E-state index in [-0.39, 0.29) is 0 Å². The summed E-state index contributed by atoms with van der Waals surface area (Å²) in [6, 6.07) is -4.29. The fraction of sp³-hybridized carbons (Fsp3) is 0.966. The zero-order valence-corrected chi connectivity index (χ0v) is 58.2. The van der Waals surface area contributed by atoms with Crippen LogP contribution in [-0.2, 0) is 105 Å². The van der Waals surface area contributed by atoms with Crippen molar-refractivity contribution in [2.75, 3.05) is 39.6 Å². The van der Waals surface area contributed by atoms with Crippen LogP contribution in [0, 0.1) is 0 Å². The maximum atomic E-state index is 13.6. The summed E-state index contributed by atoms with van der Waals surface area (Å²) in [5.74, 6) is -2.14. The quantitative estimate of drug-likeness (QED) is 0.0358. The third kappa shape index (κ3) is 19.4. The number of rotatable bonds is 26. The van der Waals surface area contributed by atoms with Crippen LogP contribution >= 0.6 is 0 Å². The van der Waals surface area contributed by atoms with Crippen LogP contribution in [0.4, 0.5) is 0 Å². The Kier molecular flexibility index (Phi) is 30.7. The van der Waals surface area contributed by atoms with E-state index in [1.807, 2.05) is 0 Å². The van der Waals surface area contributed by atoms with Gasteiger partial charge >= 0.3 is 10.4 Å². The Morgan fingerprint density at radius 1 is 0.299 bits per heavy atom. The minimum absolute atomic E-state index is 0.861. The molecule has 9 rings (SSSR count). The maximum absolute atomic E-state index is 13.6. The highest BCUT2D eigenvalue weighted by Gasteiger charge is 2.62. The minimum Gasteiger partial charge on any atom is -0.394 e. The fourth-order valence-corrected chi connectivity index (χ4v) is 14.0. The molecular weight excluding hydrogens is 1490 g/mol. The molecule has 9 heterocycles. The number of aliphatic hydroxyl groups excluding tert-OH is 23. The second kappa shape index (κ2) is 37.2. The van der Waals surface area contributed by atoms with E-state index in [4.69, 9.17) is 84.7 Å². The SMILES string of the molecule is CC(=O)N[C@H]1[C@H](O[C@H]2[C@@H](O)[C@@H](CO)O[C@@H](O[C@H]3[C@H](O[C@@H]4O[C@@H](C)[C@@H](O)[C@@H](O)[C@@H]4O)[C@@H](NC(C)=O)[C@H](O[C@H]4[C@@H](O)[C@@H](CO)O[C@@H](O[C@H]5[C@H](O)[C@@H](O)[C@@H](O)O[C@@H]5CO)[C@@H]4O)O[C@@H]3COS(=O)(=O)O)[C@@H]2O)O[C@H](CO)[C@@H](O[C@@H]2O[C@@H](C)[C@@H](O)[C@@H](O)[C@@H]2O)[C@@H]1O[C@@H]1O[C@H](CO)[C@H](O)[C@H](O)[C@H]1O[C@@H]1O[C@@H](C)[C@@H](O)[C@@H](O)[C@@H]1O. The maximum Gasteiger partial charge on any atom is 0.397 e. The molecule has 107 heavy (non-hydrogen) atoms. The van der Waals surface area contributed by atoms with Crippen LogP contribution in [0.15, 0.2) is 0 Å². The molecule has 9 aliphatic heterocycles. The molecule has 0 aromatic carbocycles. The number of ether oxygens (including phenoxy) is 17. The summed E-state index contributed by atoms with van der Waals surface area (Å²) < 4.78 is 141. The summed E-state index contributed by atoms with van der Waals surface area (Å²) in [6.07, 6.45) is -90.3. The van der Waals surface area contributed by atoms with Crippen LogP contribution in [0.5, 0.6) is 0 Å². The number of nitrogens with one attached hydrogen (secondary N) is 2. The molecule has 9 aliphatic rings. The summed E-state index contributed by atoms with van der Waals surface area (Å²) in [4.78, 5) is 27.1. The molecule has 0 radical (unpaired) electrons. The van der Waals surface area contributed by atoms with Gasteiger partial charge in [-0.25, -0.2) is 4.18 Å². The number of hydrogen-bond acceptors (Lipinski definition) is 45. The van der Waals surface area contributed by atoms with Crippen LogP contribution in [0.1, 0.15) is 34.6 Å². The highest BCUT2D eigenvalue weighted by Crippen LogP contribution is 2.41. The predicted octanol–water partition coefficient (Wildman–Crippen LogP) is -17.4. The van der Waals surface area contributed by atoms with E-state index < -0.39 is 338 Å². The van der Waals surface area contributed by atoms with E-state index in [0.29, 0.717) is 0 Å². The molecule has 45 atom stereocenters. The molecule has 0 spiro atoms. The molecule has 0 aromatic rings. The van der Waals surface area contributed by atoms with Crippen molar-refractivity contribution in [2.24, 2.45) is 0 Å². The van der Waals surface area contributed by atoms with Gasteiger partial charge in [0.2, 0.25) is 11.8 Å². The lowest BCUT2D eigenvalue weighted by Crippen LogP contribution is -2.72. The topological polar surface area (TPSA) is 744 Å². The predicted molar refractivity (Wildman–Crippen MR) is 326 cm³/mol. The Balaban J connectivity index is 1.10. The molecule has 48 nitrogen and oxygen atoms in total. The van der Waals surface area contributed by atoms with Gasteiger partial charge in [-0.15, -0.1) is 0 Å². The number of carbonyl (C=O) groups excluding carboxylic acids is 2. The van der Waals surface area contributed by atoms with E-state index in [9.17, 15) is 140 Å². The van der Waals surface area contributed by atoms with Crippen LogP contribution in [0.2, 0.25) is 0 Å². The molecule has 49 heteroatoms. The van der Waals surface area contributed by atoms with E-state index in [1.54, 1.807) is 0 Å². The van der Waals surface area contributed by atoms with Crippen LogP contribution in [0.3, 0.4) is 0 Å². The van der Waals surface area contributed by atoms with E-state index in [2.05, 4.69) is 10.6 Å². The first-order valence-electron chi connectivity index (χ1n) is 33.9. The summed E-state index contributed by atoms with van der Waals surface area (Å²) >= 11 is 0. The van der Waals surface area contributed by atoms with Crippen molar-refractivity contribution in [3.63, 3.8) is 0 Å². The number of amides is 2. The van der Waals surface area contributed by atoms with Gasteiger partial charge in [-0.3, -0.25) is 14.1 Å². The zero-order valence-electron chi connectivity index (χ0n) is 57.3. The van der Waals surface area contributed by atoms with Gasteiger partial charge in [0.15, 0.2) is 56.6 Å². The summed E-state index contributed by atoms with van der Waals surface area (Å²) in [7, 11) is -5.65. The molecule has 9 saturated heterocycles. The lowest BCUT2D eigenvalue weighted by atomic mass is 9.93. The van der Waals surface area contributed by atoms with Gasteiger partial charge in [0.1, 0.15) is 201 Å². The first-order chi connectivity index (χ1) is 50.3. The lowest BCUT2D eigenvalue weighted by molar-refractivity contribution is -0.404. The van der Waals surface area contributed by atoms with Crippen molar-refractivity contribution in [1.29, 1.82) is 0 Å². The molecule has 0 aliphatic carbocycles. The Labute approximate surface area is 606 Å². The number of hydrogen-bond donors (Lipinski definition) is 26. The Morgan fingerprint density at radius 3 is 0.991 bits per heavy atom. The molecule has 0 unspecified atom stereocenters. The van der Waals surface area contributed by atoms with Gasteiger partial charge in [-0.05, 0) is 20.8 Å². The Bertz CT molecular complexity index is 2930. The monoisotopic (exact) mass is 1590 g/mol. The molecule has 0 aromatic heterocycles. The standard InChI is InChI=1S/C58H98N2O46S/c1-12-25(68)31(74)37(80)53(90-12)100-43-21(10-65)97-51(23(59-15(4)66)45(43)103-58-49(34(77)28(71)17(6-61)96-58)106-55-39(82)33(76)27(70)14(3)92-55)104-48-30(73)19(8-63)95-57(41(48)84)101-44-22(11-89-107(86,87)88)98-52(24(60-16(5)67)46(44)102-54-38(81)32(75)26(69)13(2)91-54)105-47-29(72)18(7-62)94-56(40(47)83)99-42-20(9-64)93-50(85)36(79)35(42)78/h12-14,17-58,61-65,68-85H,6-11H2,1-5H3,(H,59,66)(H,60,67)(H,86,87,88)/t12-,13-,14-,17+,18+,19+,20+,21+,22+,23+,24+,25+,26+,27+,28-,29-,30-,31+,32+,33+,34-,35+,36+,37-,38-,39-,40+,41+,42+,43+,44+,45+,46+,47-,48-,49+,50-,51-,52-,53-,54-,55-,56-,57-,58-/m0/s1. The van der Waals surface area contributed by atoms with E-state index >= 15 is 0 Å². The van der Waals surface area contributed by atoms with Crippen molar-refractivity contribution >= 4 is 22.2 Å². The summed E-state index contributed by atoms with van der Waals surface area (Å²) in [5.41, 5.74) is 0. The molecule has 0 bridgehead atoms. The van der Waals surface area contributed by atoms with E-state index in [1.165, 1.54) is 20.8 Å². The fourth-order valence-electron chi connectivity index (χ4n) is 13.7. The van der Waals surface area contributed by atoms with Crippen molar-refractivity contribution in [2.45, 2.75) is 311 Å². The molecule has 2 amide bonds. The summed E-state index contributed by atoms with van der Waals surface area (Å²) in [6.45, 7) is -1.94. The smallest absolute Gasteiger partial charge is 0.394 e. The average molecular weight is 1590 g/mol. The van der Waals surface area contributed by atoms with Crippen molar-refractivity contribution in [1.82, 2.24) is 10.6 Å². The minimum atomic E-state index is -5.65. The first kappa shape index (κ1) is 88.2. The number of carbonyl (C=O) groups is 2. The van der Waals surface area contributed by atoms with E-state index in [0.717, 1.165) is 13.8 Å². The third-order valence-electron chi connectivity index (χ3n) is 19.7. The van der Waals surface area contributed by atoms with Crippen LogP contribution in [-0.4, -0.2) is 458 Å². The van der Waals surface area contributed by atoms with Gasteiger partial charge in [-0.2, -0.15) is 8.42 Å². The van der Waals surface area contributed by atoms with Crippen molar-refractivity contribution in [3.8, 4) is 0 Å². The molecule has 9 fully saturated rings. The molecule has 622 valence electrons. The Morgan fingerprint density at radius 2 is 0.598 bits per heavy atom. The Hall–Kier alpha value is -2.79. The third-order valence-corrected chi connectivity index (χ3v) is 20.1. The second-order valence-corrected chi connectivity index (χ2v) is 28.2. The average Bonchev–Trinajstić information content (AvgIpc) is 0.759. The summed E-state index contributed by atoms with van der Waals surface area (Å²) in [5, 5.41) is 259. The largest absolute Gasteiger partial charge is 0.397 e. The van der Waals surface area contributed by atoms with Crippen molar-refractivity contribution < 1.29 is 225 Å². The normalized spacial score (nSPS) is 50.9. The first-order valence-corrected chi connectivity index (χ1v) is 35.2. The zero-order chi connectivity index (χ0) is 79.0. The number of aliphatic hydroxyl groups is 23. The van der Waals surface area contributed by atoms with Gasteiger partial charge < -0.3 is 209 Å². The lowest BCUT2D eigenvalue weighted by Gasteiger charge is -2.53. The van der Waals surface area contributed by atoms with Gasteiger partial charge in [-0.1, -0.05) is 0 Å². The molecule has 0 saturated carbocycles. The highest BCUT2D eigenvalue weighted by atomic mass is 32.3. The van der Waals surface area contributed by atoms with Gasteiger partial charge in [0.25, 0.3) is 0 Å². The highest BCUT2D eigenvalue weighted by molar-refractivity contribution is 7.80.